The third kappa shape index (κ3) is 14.2. The standard InChI is InChI=1S/C43H52N6O11/c1-7-9-10-11-20-57-42(55)49-37(44)28-14-16-29(17-15-28)47-38(51)32-21-27(8-2)34(56-6)22-31(32)30-18-19-33(39(52)45-23-26-12-13-26)48-36(30)40(53)59-25-58-35(50)24-46-41(54)60-43(3,4)5/h8,14-19,21-22,26H,2,7,9-13,20,23-25H2,1,3-6H3,(H,45,52)(H,46,54)(H,47,51)(H2,44,49,55). The highest BCUT2D eigenvalue weighted by atomic mass is 16.7. The topological polar surface area (TPSA) is 233 Å². The van der Waals surface area contributed by atoms with E-state index in [9.17, 15) is 28.8 Å². The van der Waals surface area contributed by atoms with Gasteiger partial charge in [-0.15, -0.1) is 0 Å². The van der Waals surface area contributed by atoms with E-state index in [0.717, 1.165) is 38.5 Å². The lowest BCUT2D eigenvalue weighted by Crippen LogP contribution is -2.36. The highest BCUT2D eigenvalue weighted by Gasteiger charge is 2.27. The fourth-order valence-electron chi connectivity index (χ4n) is 5.50. The van der Waals surface area contributed by atoms with E-state index in [2.05, 4.69) is 39.8 Å². The SMILES string of the molecule is C=Cc1cc(C(=O)Nc2ccc(C(=N)NC(=O)OCCCCCC)cc2)c(-c2ccc(C(=O)NCC3CC3)nc2C(=O)OCOC(=O)CNC(=O)OC(C)(C)C)cc1OC. The number of alkyl carbamates (subject to hydrolysis) is 2. The molecule has 1 saturated carbocycles. The van der Waals surface area contributed by atoms with Gasteiger partial charge in [-0.1, -0.05) is 38.8 Å². The predicted molar refractivity (Wildman–Crippen MR) is 222 cm³/mol. The molecule has 0 spiro atoms. The molecule has 0 saturated heterocycles. The van der Waals surface area contributed by atoms with Gasteiger partial charge in [-0.3, -0.25) is 25.1 Å². The van der Waals surface area contributed by atoms with Crippen molar-refractivity contribution < 1.29 is 52.5 Å². The van der Waals surface area contributed by atoms with E-state index in [-0.39, 0.29) is 40.5 Å². The Kier molecular flexibility index (Phi) is 16.7. The van der Waals surface area contributed by atoms with Gasteiger partial charge >= 0.3 is 24.1 Å². The monoisotopic (exact) mass is 828 g/mol. The number of carbonyl (C=O) groups excluding carboxylic acids is 6. The van der Waals surface area contributed by atoms with Gasteiger partial charge in [-0.25, -0.2) is 19.4 Å². The molecular formula is C43H52N6O11. The number of amidine groups is 1. The maximum absolute atomic E-state index is 14.1. The van der Waals surface area contributed by atoms with Crippen molar-refractivity contribution in [1.82, 2.24) is 20.9 Å². The summed E-state index contributed by atoms with van der Waals surface area (Å²) in [7, 11) is 1.42. The first-order valence-corrected chi connectivity index (χ1v) is 19.5. The minimum Gasteiger partial charge on any atom is -0.496 e. The highest BCUT2D eigenvalue weighted by molar-refractivity contribution is 6.11. The molecule has 0 aliphatic heterocycles. The van der Waals surface area contributed by atoms with Crippen LogP contribution in [-0.2, 0) is 23.7 Å². The number of esters is 2. The molecule has 1 heterocycles. The lowest BCUT2D eigenvalue weighted by atomic mass is 9.94. The number of carbonyl (C=O) groups is 6. The smallest absolute Gasteiger partial charge is 0.412 e. The minimum atomic E-state index is -1.10. The average Bonchev–Trinajstić information content (AvgIpc) is 4.05. The summed E-state index contributed by atoms with van der Waals surface area (Å²) in [6.07, 6.45) is 5.64. The summed E-state index contributed by atoms with van der Waals surface area (Å²) in [6.45, 7) is 10.1. The summed E-state index contributed by atoms with van der Waals surface area (Å²) in [5.41, 5.74) is 0.133. The molecule has 0 bridgehead atoms. The molecule has 1 aliphatic carbocycles. The number of ether oxygens (including phenoxy) is 5. The molecule has 1 fully saturated rings. The molecular weight excluding hydrogens is 777 g/mol. The van der Waals surface area contributed by atoms with Crippen LogP contribution in [0.15, 0.2) is 55.1 Å². The van der Waals surface area contributed by atoms with Crippen molar-refractivity contribution in [3.8, 4) is 16.9 Å². The summed E-state index contributed by atoms with van der Waals surface area (Å²) < 4.78 is 26.1. The van der Waals surface area contributed by atoms with E-state index in [1.807, 2.05) is 0 Å². The highest BCUT2D eigenvalue weighted by Crippen LogP contribution is 2.35. The third-order valence-corrected chi connectivity index (χ3v) is 8.77. The molecule has 17 nitrogen and oxygen atoms in total. The molecule has 3 aromatic rings. The molecule has 320 valence electrons. The van der Waals surface area contributed by atoms with Gasteiger partial charge in [0.2, 0.25) is 6.79 Å². The average molecular weight is 829 g/mol. The molecule has 0 atom stereocenters. The zero-order chi connectivity index (χ0) is 43.8. The largest absolute Gasteiger partial charge is 0.496 e. The van der Waals surface area contributed by atoms with Gasteiger partial charge in [-0.2, -0.15) is 0 Å². The first-order valence-electron chi connectivity index (χ1n) is 19.5. The Hall–Kier alpha value is -6.78. The van der Waals surface area contributed by atoms with Crippen molar-refractivity contribution in [1.29, 1.82) is 5.41 Å². The van der Waals surface area contributed by atoms with Crippen molar-refractivity contribution in [3.63, 3.8) is 0 Å². The minimum absolute atomic E-state index is 0.0484. The molecule has 0 unspecified atom stereocenters. The molecule has 4 amide bonds. The van der Waals surface area contributed by atoms with Crippen LogP contribution in [0.1, 0.15) is 109 Å². The molecule has 5 N–H and O–H groups in total. The van der Waals surface area contributed by atoms with Crippen molar-refractivity contribution in [2.75, 3.05) is 38.9 Å². The molecule has 4 rings (SSSR count). The van der Waals surface area contributed by atoms with E-state index in [4.69, 9.17) is 29.1 Å². The van der Waals surface area contributed by atoms with Crippen LogP contribution in [0.5, 0.6) is 5.75 Å². The maximum atomic E-state index is 14.1. The fourth-order valence-corrected chi connectivity index (χ4v) is 5.50. The van der Waals surface area contributed by atoms with Gasteiger partial charge in [0.05, 0.1) is 13.7 Å². The first-order chi connectivity index (χ1) is 28.6. The Morgan fingerprint density at radius 1 is 0.883 bits per heavy atom. The number of nitrogens with zero attached hydrogens (tertiary/aromatic N) is 1. The zero-order valence-corrected chi connectivity index (χ0v) is 34.5. The van der Waals surface area contributed by atoms with Crippen molar-refractivity contribution >= 4 is 53.5 Å². The number of anilines is 1. The predicted octanol–water partition coefficient (Wildman–Crippen LogP) is 6.61. The molecule has 0 radical (unpaired) electrons. The van der Waals surface area contributed by atoms with Gasteiger partial charge in [0.15, 0.2) is 5.69 Å². The third-order valence-electron chi connectivity index (χ3n) is 8.77. The van der Waals surface area contributed by atoms with Crippen LogP contribution in [0, 0.1) is 11.3 Å². The normalized spacial score (nSPS) is 11.9. The summed E-state index contributed by atoms with van der Waals surface area (Å²) in [6, 6.07) is 12.0. The number of pyridine rings is 1. The van der Waals surface area contributed by atoms with Gasteiger partial charge in [0.25, 0.3) is 11.8 Å². The molecule has 2 aromatic carbocycles. The van der Waals surface area contributed by atoms with Crippen LogP contribution in [0.25, 0.3) is 17.2 Å². The number of hydrogen-bond donors (Lipinski definition) is 5. The van der Waals surface area contributed by atoms with Gasteiger partial charge < -0.3 is 39.6 Å². The van der Waals surface area contributed by atoms with Crippen molar-refractivity contribution in [3.05, 3.63) is 83.2 Å². The number of methoxy groups -OCH3 is 1. The van der Waals surface area contributed by atoms with E-state index in [1.54, 1.807) is 32.9 Å². The quantitative estimate of drug-likeness (QED) is 0.0215. The molecule has 60 heavy (non-hydrogen) atoms. The van der Waals surface area contributed by atoms with E-state index in [1.165, 1.54) is 49.6 Å². The van der Waals surface area contributed by atoms with Gasteiger partial charge in [0.1, 0.15) is 29.4 Å². The van der Waals surface area contributed by atoms with Gasteiger partial charge in [0, 0.05) is 40.0 Å². The maximum Gasteiger partial charge on any atom is 0.412 e. The number of amides is 4. The lowest BCUT2D eigenvalue weighted by molar-refractivity contribution is -0.151. The van der Waals surface area contributed by atoms with Crippen LogP contribution in [-0.4, -0.2) is 86.0 Å². The Morgan fingerprint density at radius 3 is 2.27 bits per heavy atom. The van der Waals surface area contributed by atoms with E-state index >= 15 is 0 Å². The van der Waals surface area contributed by atoms with Gasteiger partial charge in [-0.05, 0) is 94.5 Å². The van der Waals surface area contributed by atoms with Crippen LogP contribution >= 0.6 is 0 Å². The Morgan fingerprint density at radius 2 is 1.62 bits per heavy atom. The Bertz CT molecular complexity index is 2070. The fraction of sp³-hybridized carbons (Fsp3) is 0.395. The Labute approximate surface area is 348 Å². The second kappa shape index (κ2) is 21.8. The van der Waals surface area contributed by atoms with Crippen LogP contribution in [0.4, 0.5) is 15.3 Å². The van der Waals surface area contributed by atoms with E-state index in [0.29, 0.717) is 35.0 Å². The zero-order valence-electron chi connectivity index (χ0n) is 34.5. The van der Waals surface area contributed by atoms with E-state index < -0.39 is 54.9 Å². The first kappa shape index (κ1) is 45.9. The number of aromatic nitrogens is 1. The van der Waals surface area contributed by atoms with Crippen LogP contribution < -0.4 is 26.0 Å². The second-order valence-corrected chi connectivity index (χ2v) is 14.7. The Balaban J connectivity index is 1.57. The van der Waals surface area contributed by atoms with Crippen LogP contribution in [0.2, 0.25) is 0 Å². The number of rotatable bonds is 19. The summed E-state index contributed by atoms with van der Waals surface area (Å²) in [5.74, 6) is -2.73. The summed E-state index contributed by atoms with van der Waals surface area (Å²) in [5, 5.41) is 18.5. The second-order valence-electron chi connectivity index (χ2n) is 14.7. The lowest BCUT2D eigenvalue weighted by Gasteiger charge is -2.19. The number of nitrogens with one attached hydrogen (secondary N) is 5. The molecule has 1 aromatic heterocycles. The summed E-state index contributed by atoms with van der Waals surface area (Å²) >= 11 is 0. The van der Waals surface area contributed by atoms with Crippen molar-refractivity contribution in [2.24, 2.45) is 5.92 Å². The van der Waals surface area contributed by atoms with Crippen LogP contribution in [0.3, 0.4) is 0 Å². The molecule has 1 aliphatic rings. The number of hydrogen-bond acceptors (Lipinski definition) is 13. The number of unbranched alkanes of at least 4 members (excludes halogenated alkanes) is 3. The molecule has 17 heteroatoms. The number of benzene rings is 2. The van der Waals surface area contributed by atoms with Crippen molar-refractivity contribution in [2.45, 2.75) is 71.8 Å². The summed E-state index contributed by atoms with van der Waals surface area (Å²) in [4.78, 5) is 81.6.